The van der Waals surface area contributed by atoms with Gasteiger partial charge in [-0.2, -0.15) is 0 Å². The summed E-state index contributed by atoms with van der Waals surface area (Å²) in [6.07, 6.45) is 7.14. The van der Waals surface area contributed by atoms with Gasteiger partial charge in [-0.3, -0.25) is 15.1 Å². The molecule has 5 aromatic carbocycles. The number of carbonyl (C=O) groups is 3. The summed E-state index contributed by atoms with van der Waals surface area (Å²) in [5.41, 5.74) is 3.75. The summed E-state index contributed by atoms with van der Waals surface area (Å²) < 4.78 is 28.4. The zero-order chi connectivity index (χ0) is 39.9. The minimum atomic E-state index is -1.27. The van der Waals surface area contributed by atoms with E-state index in [0.29, 0.717) is 54.0 Å². The molecule has 0 aliphatic heterocycles. The summed E-state index contributed by atoms with van der Waals surface area (Å²) in [6.45, 7) is 5.22. The van der Waals surface area contributed by atoms with Crippen molar-refractivity contribution in [3.05, 3.63) is 138 Å². The first-order valence-electron chi connectivity index (χ1n) is 17.3. The van der Waals surface area contributed by atoms with Gasteiger partial charge in [-0.1, -0.05) is 38.5 Å². The Morgan fingerprint density at radius 3 is 1.77 bits per heavy atom. The second-order valence-corrected chi connectivity index (χ2v) is 13.0. The van der Waals surface area contributed by atoms with E-state index in [0.717, 1.165) is 5.75 Å². The maximum Gasteiger partial charge on any atom is 0.336 e. The lowest BCUT2D eigenvalue weighted by atomic mass is 9.96. The third kappa shape index (κ3) is 11.9. The number of carboxylic acids is 2. The smallest absolute Gasteiger partial charge is 0.336 e. The molecule has 0 atom stereocenters. The van der Waals surface area contributed by atoms with Gasteiger partial charge in [0.05, 0.1) is 35.6 Å². The second-order valence-electron chi connectivity index (χ2n) is 13.0. The molecule has 0 aliphatic rings. The average molecular weight is 761 g/mol. The molecule has 0 unspecified atom stereocenters. The van der Waals surface area contributed by atoms with Crippen molar-refractivity contribution in [2.75, 3.05) is 37.2 Å². The van der Waals surface area contributed by atoms with E-state index in [9.17, 15) is 24.6 Å². The monoisotopic (exact) mass is 760 g/mol. The first-order chi connectivity index (χ1) is 27.0. The molecule has 0 aliphatic carbocycles. The van der Waals surface area contributed by atoms with Crippen molar-refractivity contribution in [1.82, 2.24) is 0 Å². The predicted molar refractivity (Wildman–Crippen MR) is 208 cm³/mol. The topological polar surface area (TPSA) is 171 Å². The molecule has 0 fully saturated rings. The number of para-hydroxylation sites is 1. The number of carbonyl (C=O) groups excluding carboxylic acids is 1. The Morgan fingerprint density at radius 1 is 0.625 bits per heavy atom. The summed E-state index contributed by atoms with van der Waals surface area (Å²) >= 11 is 0. The van der Waals surface area contributed by atoms with E-state index < -0.39 is 17.8 Å². The number of ether oxygens (including phenoxy) is 5. The standard InChI is InChI=1S/C43H40N2O11/c1-4-51-36-19-21-38(42(49)50)39(25-36)40(46)44-30-10-14-33(15-11-30)54-27-43(2,3)28-55-34-16-12-31(13-17-34)45-56-26-29-24-35(18-20-37(29)41(47)48)53-23-22-52-32-8-6-5-7-9-32/h1,5-21,24-25,45H,22-23,26-28H2,2-3H3,(H,44,46)(H,47,48)(H,49,50). The number of terminal acetylenes is 1. The number of rotatable bonds is 20. The van der Waals surface area contributed by atoms with Gasteiger partial charge in [0.15, 0.2) is 0 Å². The van der Waals surface area contributed by atoms with Crippen molar-refractivity contribution >= 4 is 29.2 Å². The summed E-state index contributed by atoms with van der Waals surface area (Å²) in [5, 5.41) is 21.8. The third-order valence-electron chi connectivity index (χ3n) is 7.96. The normalized spacial score (nSPS) is 10.7. The highest BCUT2D eigenvalue weighted by molar-refractivity contribution is 6.11. The first kappa shape index (κ1) is 40.0. The molecular formula is C43H40N2O11. The van der Waals surface area contributed by atoms with Crippen molar-refractivity contribution in [3.63, 3.8) is 0 Å². The van der Waals surface area contributed by atoms with Crippen LogP contribution in [0.2, 0.25) is 0 Å². The molecule has 13 nitrogen and oxygen atoms in total. The molecular weight excluding hydrogens is 720 g/mol. The van der Waals surface area contributed by atoms with Crippen molar-refractivity contribution in [3.8, 4) is 41.3 Å². The van der Waals surface area contributed by atoms with E-state index in [4.69, 9.17) is 34.9 Å². The van der Waals surface area contributed by atoms with Crippen LogP contribution in [0, 0.1) is 17.9 Å². The predicted octanol–water partition coefficient (Wildman–Crippen LogP) is 7.79. The lowest BCUT2D eigenvalue weighted by molar-refractivity contribution is 0.0682. The van der Waals surface area contributed by atoms with Gasteiger partial charge in [-0.15, -0.1) is 0 Å². The van der Waals surface area contributed by atoms with Gasteiger partial charge < -0.3 is 39.2 Å². The Bertz CT molecular complexity index is 2150. The number of carboxylic acid groups (broad SMARTS) is 2. The highest BCUT2D eigenvalue weighted by Crippen LogP contribution is 2.25. The van der Waals surface area contributed by atoms with E-state index in [2.05, 4.69) is 10.8 Å². The number of amides is 1. The van der Waals surface area contributed by atoms with Crippen LogP contribution >= 0.6 is 0 Å². The molecule has 0 aromatic heterocycles. The quantitative estimate of drug-likeness (QED) is 0.0345. The minimum Gasteiger partial charge on any atom is -0.493 e. The highest BCUT2D eigenvalue weighted by Gasteiger charge is 2.21. The lowest BCUT2D eigenvalue weighted by Crippen LogP contribution is -2.28. The van der Waals surface area contributed by atoms with Crippen molar-refractivity contribution < 1.29 is 53.1 Å². The number of benzene rings is 5. The molecule has 56 heavy (non-hydrogen) atoms. The SMILES string of the molecule is C#COc1ccc(C(=O)O)c(C(=O)Nc2ccc(OCC(C)(C)COc3ccc(NOCc4cc(OCCOc5ccccc5)ccc4C(=O)O)cc3)cc2)c1. The van der Waals surface area contributed by atoms with Crippen LogP contribution in [0.1, 0.15) is 50.5 Å². The third-order valence-corrected chi connectivity index (χ3v) is 7.96. The number of aromatic carboxylic acids is 2. The fourth-order valence-corrected chi connectivity index (χ4v) is 5.10. The summed E-state index contributed by atoms with van der Waals surface area (Å²) in [6, 6.07) is 31.7. The Balaban J connectivity index is 1.05. The molecule has 0 heterocycles. The summed E-state index contributed by atoms with van der Waals surface area (Å²) in [7, 11) is 0. The molecule has 288 valence electrons. The zero-order valence-electron chi connectivity index (χ0n) is 30.7. The lowest BCUT2D eigenvalue weighted by Gasteiger charge is -2.25. The Hall–Kier alpha value is -7.17. The second kappa shape index (κ2) is 19.2. The fourth-order valence-electron chi connectivity index (χ4n) is 5.10. The minimum absolute atomic E-state index is 0.0329. The molecule has 1 amide bonds. The Labute approximate surface area is 323 Å². The largest absolute Gasteiger partial charge is 0.493 e. The fraction of sp³-hybridized carbons (Fsp3) is 0.186. The van der Waals surface area contributed by atoms with Crippen LogP contribution in [-0.2, 0) is 11.4 Å². The Kier molecular flexibility index (Phi) is 13.8. The molecule has 0 radical (unpaired) electrons. The van der Waals surface area contributed by atoms with Gasteiger partial charge in [0, 0.05) is 11.1 Å². The van der Waals surface area contributed by atoms with Crippen molar-refractivity contribution in [2.24, 2.45) is 5.41 Å². The zero-order valence-corrected chi connectivity index (χ0v) is 30.7. The highest BCUT2D eigenvalue weighted by atomic mass is 16.6. The van der Waals surface area contributed by atoms with Crippen LogP contribution < -0.4 is 34.5 Å². The van der Waals surface area contributed by atoms with Crippen LogP contribution in [0.5, 0.6) is 28.7 Å². The first-order valence-corrected chi connectivity index (χ1v) is 17.3. The molecule has 4 N–H and O–H groups in total. The Morgan fingerprint density at radius 2 is 1.16 bits per heavy atom. The van der Waals surface area contributed by atoms with Gasteiger partial charge in [0.25, 0.3) is 5.91 Å². The molecule has 0 saturated heterocycles. The van der Waals surface area contributed by atoms with Crippen LogP contribution in [0.3, 0.4) is 0 Å². The molecule has 5 aromatic rings. The van der Waals surface area contributed by atoms with Crippen LogP contribution in [0.25, 0.3) is 0 Å². The van der Waals surface area contributed by atoms with E-state index in [1.807, 2.05) is 50.3 Å². The average Bonchev–Trinajstić information content (AvgIpc) is 3.19. The summed E-state index contributed by atoms with van der Waals surface area (Å²) in [4.78, 5) is 42.0. The van der Waals surface area contributed by atoms with Gasteiger partial charge >= 0.3 is 11.9 Å². The number of hydrogen-bond donors (Lipinski definition) is 4. The van der Waals surface area contributed by atoms with Crippen LogP contribution in [0.15, 0.2) is 115 Å². The number of anilines is 2. The van der Waals surface area contributed by atoms with Crippen molar-refractivity contribution in [2.45, 2.75) is 20.5 Å². The summed E-state index contributed by atoms with van der Waals surface area (Å²) in [5.74, 6) is -0.405. The molecule has 0 saturated carbocycles. The maximum atomic E-state index is 12.9. The van der Waals surface area contributed by atoms with Gasteiger partial charge in [-0.05, 0) is 103 Å². The van der Waals surface area contributed by atoms with Gasteiger partial charge in [-0.25, -0.2) is 9.59 Å². The molecule has 13 heteroatoms. The maximum absolute atomic E-state index is 12.9. The van der Waals surface area contributed by atoms with Crippen LogP contribution in [-0.4, -0.2) is 54.5 Å². The van der Waals surface area contributed by atoms with Crippen molar-refractivity contribution in [1.29, 1.82) is 0 Å². The van der Waals surface area contributed by atoms with E-state index in [1.54, 1.807) is 60.7 Å². The van der Waals surface area contributed by atoms with E-state index >= 15 is 0 Å². The number of nitrogens with one attached hydrogen (secondary N) is 2. The van der Waals surface area contributed by atoms with Crippen LogP contribution in [0.4, 0.5) is 11.4 Å². The van der Waals surface area contributed by atoms with Gasteiger partial charge in [0.1, 0.15) is 54.7 Å². The van der Waals surface area contributed by atoms with E-state index in [-0.39, 0.29) is 41.1 Å². The molecule has 5 rings (SSSR count). The number of hydrogen-bond acceptors (Lipinski definition) is 10. The van der Waals surface area contributed by atoms with Gasteiger partial charge in [0.2, 0.25) is 0 Å². The molecule has 0 bridgehead atoms. The molecule has 0 spiro atoms. The van der Waals surface area contributed by atoms with E-state index in [1.165, 1.54) is 24.3 Å².